The lowest BCUT2D eigenvalue weighted by Gasteiger charge is -1.96. The van der Waals surface area contributed by atoms with Crippen LogP contribution in [-0.4, -0.2) is 63.8 Å². The van der Waals surface area contributed by atoms with Crippen LogP contribution in [0.4, 0.5) is 0 Å². The number of hydrogen-bond acceptors (Lipinski definition) is 9. The van der Waals surface area contributed by atoms with Crippen LogP contribution in [0.2, 0.25) is 0 Å². The van der Waals surface area contributed by atoms with Gasteiger partial charge in [-0.1, -0.05) is 0 Å². The summed E-state index contributed by atoms with van der Waals surface area (Å²) in [5.74, 6) is 0.826. The topological polar surface area (TPSA) is 137 Å². The fourth-order valence-electron chi connectivity index (χ4n) is 1.27. The van der Waals surface area contributed by atoms with Crippen LogP contribution in [0.25, 0.3) is 0 Å². The summed E-state index contributed by atoms with van der Waals surface area (Å²) in [6.45, 7) is 0.830. The van der Waals surface area contributed by atoms with E-state index in [9.17, 15) is 0 Å². The molecule has 0 unspecified atom stereocenters. The molecular weight excluding hydrogens is 256 g/mol. The van der Waals surface area contributed by atoms with Gasteiger partial charge in [0.25, 0.3) is 0 Å². The molecule has 0 aliphatic carbocycles. The highest BCUT2D eigenvalue weighted by atomic mass is 16.5. The minimum atomic E-state index is -0.0471. The number of aromatic nitrogens is 8. The fraction of sp³-hybridized carbons (Fsp3) is 0.750. The average molecular weight is 270 g/mol. The largest absolute Gasteiger partial charge is 0.394 e. The molecule has 104 valence electrons. The van der Waals surface area contributed by atoms with Crippen LogP contribution in [0.15, 0.2) is 0 Å². The van der Waals surface area contributed by atoms with Gasteiger partial charge >= 0.3 is 0 Å². The molecule has 0 spiro atoms. The SMILES string of the molecule is OCCn1nnc(COCc2nnn(CCO)n2)n1. The van der Waals surface area contributed by atoms with E-state index in [-0.39, 0.29) is 26.4 Å². The Morgan fingerprint density at radius 1 is 0.842 bits per heavy atom. The molecule has 0 amide bonds. The monoisotopic (exact) mass is 270 g/mol. The summed E-state index contributed by atoms with van der Waals surface area (Å²) in [6, 6.07) is 0. The molecule has 0 aliphatic heterocycles. The molecule has 2 rings (SSSR count). The molecule has 0 atom stereocenters. The quantitative estimate of drug-likeness (QED) is 0.527. The first-order valence-electron chi connectivity index (χ1n) is 5.64. The smallest absolute Gasteiger partial charge is 0.200 e. The van der Waals surface area contributed by atoms with Gasteiger partial charge in [0.1, 0.15) is 13.2 Å². The van der Waals surface area contributed by atoms with Gasteiger partial charge in [-0.15, -0.1) is 20.4 Å². The summed E-state index contributed by atoms with van der Waals surface area (Å²) in [5, 5.41) is 40.3. The molecule has 2 heterocycles. The number of aliphatic hydroxyl groups excluding tert-OH is 2. The number of aliphatic hydroxyl groups is 2. The number of tetrazole rings is 2. The predicted octanol–water partition coefficient (Wildman–Crippen LogP) is -2.64. The molecule has 0 saturated heterocycles. The number of rotatable bonds is 8. The van der Waals surface area contributed by atoms with E-state index < -0.39 is 0 Å². The molecule has 0 saturated carbocycles. The minimum absolute atomic E-state index is 0.0471. The Morgan fingerprint density at radius 2 is 1.32 bits per heavy atom. The van der Waals surface area contributed by atoms with Crippen molar-refractivity contribution in [2.24, 2.45) is 0 Å². The van der Waals surface area contributed by atoms with Gasteiger partial charge in [0.05, 0.1) is 26.3 Å². The van der Waals surface area contributed by atoms with Crippen molar-refractivity contribution in [1.82, 2.24) is 40.4 Å². The zero-order valence-corrected chi connectivity index (χ0v) is 10.1. The molecule has 0 aliphatic rings. The highest BCUT2D eigenvalue weighted by molar-refractivity contribution is 4.75. The van der Waals surface area contributed by atoms with Crippen molar-refractivity contribution in [1.29, 1.82) is 0 Å². The van der Waals surface area contributed by atoms with Gasteiger partial charge in [0, 0.05) is 0 Å². The molecule has 2 aromatic rings. The van der Waals surface area contributed by atoms with Crippen molar-refractivity contribution < 1.29 is 14.9 Å². The first-order chi connectivity index (χ1) is 9.31. The second kappa shape index (κ2) is 6.82. The van der Waals surface area contributed by atoms with E-state index in [1.165, 1.54) is 9.59 Å². The van der Waals surface area contributed by atoms with Gasteiger partial charge in [-0.2, -0.15) is 9.59 Å². The average Bonchev–Trinajstić information content (AvgIpc) is 3.01. The van der Waals surface area contributed by atoms with Crippen molar-refractivity contribution in [2.75, 3.05) is 13.2 Å². The lowest BCUT2D eigenvalue weighted by atomic mass is 10.6. The summed E-state index contributed by atoms with van der Waals surface area (Å²) in [6.07, 6.45) is 0. The molecule has 11 nitrogen and oxygen atoms in total. The summed E-state index contributed by atoms with van der Waals surface area (Å²) >= 11 is 0. The van der Waals surface area contributed by atoms with Crippen molar-refractivity contribution in [3.8, 4) is 0 Å². The molecule has 2 N–H and O–H groups in total. The maximum Gasteiger partial charge on any atom is 0.200 e. The van der Waals surface area contributed by atoms with E-state index in [0.29, 0.717) is 24.7 Å². The van der Waals surface area contributed by atoms with Gasteiger partial charge in [-0.25, -0.2) is 0 Å². The number of hydrogen-bond donors (Lipinski definition) is 2. The maximum absolute atomic E-state index is 8.70. The van der Waals surface area contributed by atoms with Crippen molar-refractivity contribution >= 4 is 0 Å². The van der Waals surface area contributed by atoms with Crippen molar-refractivity contribution in [2.45, 2.75) is 26.3 Å². The van der Waals surface area contributed by atoms with E-state index in [1.807, 2.05) is 0 Å². The van der Waals surface area contributed by atoms with E-state index in [0.717, 1.165) is 0 Å². The van der Waals surface area contributed by atoms with Crippen LogP contribution in [0, 0.1) is 0 Å². The van der Waals surface area contributed by atoms with Crippen LogP contribution in [0.1, 0.15) is 11.6 Å². The Labute approximate surface area is 107 Å². The normalized spacial score (nSPS) is 11.1. The fourth-order valence-corrected chi connectivity index (χ4v) is 1.27. The van der Waals surface area contributed by atoms with Gasteiger partial charge in [-0.3, -0.25) is 0 Å². The Hall–Kier alpha value is -1.98. The van der Waals surface area contributed by atoms with E-state index >= 15 is 0 Å². The first kappa shape index (κ1) is 13.5. The van der Waals surface area contributed by atoms with Gasteiger partial charge in [0.15, 0.2) is 11.6 Å². The third-order valence-electron chi connectivity index (χ3n) is 2.05. The van der Waals surface area contributed by atoms with Crippen LogP contribution >= 0.6 is 0 Å². The second-order valence-corrected chi connectivity index (χ2v) is 3.54. The Bertz CT molecular complexity index is 453. The molecule has 0 radical (unpaired) electrons. The number of ether oxygens (including phenoxy) is 1. The first-order valence-corrected chi connectivity index (χ1v) is 5.64. The van der Waals surface area contributed by atoms with Crippen LogP contribution < -0.4 is 0 Å². The summed E-state index contributed by atoms with van der Waals surface area (Å²) in [5.41, 5.74) is 0. The zero-order valence-electron chi connectivity index (χ0n) is 10.1. The van der Waals surface area contributed by atoms with Crippen molar-refractivity contribution in [3.63, 3.8) is 0 Å². The molecule has 0 aromatic carbocycles. The van der Waals surface area contributed by atoms with Crippen LogP contribution in [0.3, 0.4) is 0 Å². The van der Waals surface area contributed by atoms with Gasteiger partial charge in [-0.05, 0) is 10.4 Å². The molecular formula is C8H14N8O3. The Balaban J connectivity index is 1.75. The van der Waals surface area contributed by atoms with Crippen molar-refractivity contribution in [3.05, 3.63) is 11.6 Å². The lowest BCUT2D eigenvalue weighted by Crippen LogP contribution is -2.07. The van der Waals surface area contributed by atoms with E-state index in [2.05, 4.69) is 30.8 Å². The third kappa shape index (κ3) is 4.01. The lowest BCUT2D eigenvalue weighted by molar-refractivity contribution is 0.0958. The highest BCUT2D eigenvalue weighted by Gasteiger charge is 2.05. The minimum Gasteiger partial charge on any atom is -0.394 e. The van der Waals surface area contributed by atoms with Gasteiger partial charge in [0.2, 0.25) is 0 Å². The second-order valence-electron chi connectivity index (χ2n) is 3.54. The zero-order chi connectivity index (χ0) is 13.5. The molecule has 0 fully saturated rings. The number of nitrogens with zero attached hydrogens (tertiary/aromatic N) is 8. The molecule has 19 heavy (non-hydrogen) atoms. The Morgan fingerprint density at radius 3 is 1.74 bits per heavy atom. The van der Waals surface area contributed by atoms with E-state index in [4.69, 9.17) is 14.9 Å². The molecule has 11 heteroatoms. The standard InChI is InChI=1S/C8H14N8O3/c17-3-1-15-11-7(9-13-15)5-19-6-8-10-14-16(12-8)2-4-18/h17-18H,1-6H2. The molecule has 0 bridgehead atoms. The Kier molecular flexibility index (Phi) is 4.83. The predicted molar refractivity (Wildman–Crippen MR) is 58.3 cm³/mol. The summed E-state index contributed by atoms with van der Waals surface area (Å²) in [4.78, 5) is 2.57. The maximum atomic E-state index is 8.70. The summed E-state index contributed by atoms with van der Waals surface area (Å²) in [7, 11) is 0. The summed E-state index contributed by atoms with van der Waals surface area (Å²) < 4.78 is 5.31. The highest BCUT2D eigenvalue weighted by Crippen LogP contribution is 1.96. The van der Waals surface area contributed by atoms with Crippen LogP contribution in [0.5, 0.6) is 0 Å². The third-order valence-corrected chi connectivity index (χ3v) is 2.05. The van der Waals surface area contributed by atoms with Gasteiger partial charge < -0.3 is 14.9 Å². The molecule has 2 aromatic heterocycles. The van der Waals surface area contributed by atoms with Crippen LogP contribution in [-0.2, 0) is 31.0 Å². The van der Waals surface area contributed by atoms with E-state index in [1.54, 1.807) is 0 Å².